The lowest BCUT2D eigenvalue weighted by Gasteiger charge is -2.12. The van der Waals surface area contributed by atoms with Crippen LogP contribution < -0.4 is 5.32 Å². The number of aryl methyl sites for hydroxylation is 1. The van der Waals surface area contributed by atoms with Gasteiger partial charge in [0.1, 0.15) is 0 Å². The van der Waals surface area contributed by atoms with Crippen LogP contribution >= 0.6 is 11.6 Å². The molecule has 1 heterocycles. The van der Waals surface area contributed by atoms with E-state index in [0.29, 0.717) is 6.04 Å². The topological polar surface area (TPSA) is 17.0 Å². The molecule has 18 heavy (non-hydrogen) atoms. The molecule has 96 valence electrons. The van der Waals surface area contributed by atoms with Crippen LogP contribution in [-0.2, 0) is 13.6 Å². The molecular weight excluding hydrogens is 244 g/mol. The summed E-state index contributed by atoms with van der Waals surface area (Å²) in [5.74, 6) is 0. The molecule has 1 N–H and O–H groups in total. The monoisotopic (exact) mass is 262 g/mol. The molecule has 1 saturated carbocycles. The number of benzene rings is 1. The Hall–Kier alpha value is -0.990. The highest BCUT2D eigenvalue weighted by atomic mass is 35.5. The van der Waals surface area contributed by atoms with Crippen molar-refractivity contribution in [2.45, 2.75) is 38.3 Å². The first-order valence-electron chi connectivity index (χ1n) is 6.71. The van der Waals surface area contributed by atoms with Crippen LogP contribution in [0.4, 0.5) is 0 Å². The SMILES string of the molecule is Cn1c(CNC2CCCC2)cc2cc(Cl)ccc21. The van der Waals surface area contributed by atoms with Gasteiger partial charge in [-0.3, -0.25) is 0 Å². The molecule has 3 heteroatoms. The van der Waals surface area contributed by atoms with E-state index in [4.69, 9.17) is 11.6 Å². The fourth-order valence-electron chi connectivity index (χ4n) is 2.93. The number of rotatable bonds is 3. The Morgan fingerprint density at radius 3 is 2.83 bits per heavy atom. The average Bonchev–Trinajstić information content (AvgIpc) is 2.95. The molecule has 1 fully saturated rings. The maximum atomic E-state index is 6.04. The van der Waals surface area contributed by atoms with Crippen molar-refractivity contribution in [2.75, 3.05) is 0 Å². The fourth-order valence-corrected chi connectivity index (χ4v) is 3.11. The molecule has 0 saturated heterocycles. The van der Waals surface area contributed by atoms with Crippen molar-refractivity contribution in [3.8, 4) is 0 Å². The van der Waals surface area contributed by atoms with Crippen LogP contribution in [0.2, 0.25) is 5.02 Å². The van der Waals surface area contributed by atoms with Gasteiger partial charge in [-0.25, -0.2) is 0 Å². The quantitative estimate of drug-likeness (QED) is 0.889. The zero-order chi connectivity index (χ0) is 12.5. The summed E-state index contributed by atoms with van der Waals surface area (Å²) in [5, 5.41) is 5.70. The first-order valence-corrected chi connectivity index (χ1v) is 7.09. The first-order chi connectivity index (χ1) is 8.74. The molecule has 0 bridgehead atoms. The highest BCUT2D eigenvalue weighted by Gasteiger charge is 2.15. The average molecular weight is 263 g/mol. The summed E-state index contributed by atoms with van der Waals surface area (Å²) in [7, 11) is 2.13. The van der Waals surface area contributed by atoms with Crippen LogP contribution in [0.3, 0.4) is 0 Å². The fraction of sp³-hybridized carbons (Fsp3) is 0.467. The third-order valence-electron chi connectivity index (χ3n) is 4.03. The summed E-state index contributed by atoms with van der Waals surface area (Å²) in [6.45, 7) is 0.952. The van der Waals surface area contributed by atoms with E-state index in [1.807, 2.05) is 12.1 Å². The second-order valence-electron chi connectivity index (χ2n) is 5.26. The number of hydrogen-bond acceptors (Lipinski definition) is 1. The molecule has 0 atom stereocenters. The van der Waals surface area contributed by atoms with Crippen molar-refractivity contribution in [1.82, 2.24) is 9.88 Å². The Bertz CT molecular complexity index is 553. The van der Waals surface area contributed by atoms with E-state index in [9.17, 15) is 0 Å². The van der Waals surface area contributed by atoms with Gasteiger partial charge in [0.25, 0.3) is 0 Å². The molecule has 0 aliphatic heterocycles. The summed E-state index contributed by atoms with van der Waals surface area (Å²) < 4.78 is 2.26. The van der Waals surface area contributed by atoms with Crippen LogP contribution in [0.1, 0.15) is 31.4 Å². The number of fused-ring (bicyclic) bond motifs is 1. The third-order valence-corrected chi connectivity index (χ3v) is 4.27. The Labute approximate surface area is 113 Å². The first kappa shape index (κ1) is 12.1. The van der Waals surface area contributed by atoms with E-state index in [1.54, 1.807) is 0 Å². The van der Waals surface area contributed by atoms with Gasteiger partial charge in [-0.1, -0.05) is 24.4 Å². The summed E-state index contributed by atoms with van der Waals surface area (Å²) in [5.41, 5.74) is 2.58. The summed E-state index contributed by atoms with van der Waals surface area (Å²) >= 11 is 6.04. The molecule has 0 radical (unpaired) electrons. The normalized spacial score (nSPS) is 16.8. The van der Waals surface area contributed by atoms with Gasteiger partial charge in [0.05, 0.1) is 0 Å². The van der Waals surface area contributed by atoms with Gasteiger partial charge < -0.3 is 9.88 Å². The molecular formula is C15H19ClN2. The molecule has 2 nitrogen and oxygen atoms in total. The maximum absolute atomic E-state index is 6.04. The van der Waals surface area contributed by atoms with Crippen molar-refractivity contribution in [1.29, 1.82) is 0 Å². The van der Waals surface area contributed by atoms with E-state index >= 15 is 0 Å². The van der Waals surface area contributed by atoms with E-state index in [0.717, 1.165) is 11.6 Å². The Morgan fingerprint density at radius 1 is 1.28 bits per heavy atom. The zero-order valence-corrected chi connectivity index (χ0v) is 11.5. The van der Waals surface area contributed by atoms with Crippen LogP contribution in [0.15, 0.2) is 24.3 Å². The summed E-state index contributed by atoms with van der Waals surface area (Å²) in [4.78, 5) is 0. The molecule has 1 aliphatic carbocycles. The van der Waals surface area contributed by atoms with Crippen molar-refractivity contribution in [2.24, 2.45) is 7.05 Å². The van der Waals surface area contributed by atoms with Crippen molar-refractivity contribution >= 4 is 22.5 Å². The molecule has 1 aromatic heterocycles. The lowest BCUT2D eigenvalue weighted by Crippen LogP contribution is -2.26. The largest absolute Gasteiger partial charge is 0.346 e. The highest BCUT2D eigenvalue weighted by Crippen LogP contribution is 2.23. The van der Waals surface area contributed by atoms with Crippen LogP contribution in [-0.4, -0.2) is 10.6 Å². The van der Waals surface area contributed by atoms with Gasteiger partial charge in [0, 0.05) is 41.3 Å². The van der Waals surface area contributed by atoms with Gasteiger partial charge >= 0.3 is 0 Å². The Balaban J connectivity index is 1.80. The zero-order valence-electron chi connectivity index (χ0n) is 10.7. The molecule has 2 aromatic rings. The second kappa shape index (κ2) is 4.94. The predicted octanol–water partition coefficient (Wildman–Crippen LogP) is 3.86. The number of halogens is 1. The highest BCUT2D eigenvalue weighted by molar-refractivity contribution is 6.31. The maximum Gasteiger partial charge on any atom is 0.0481 e. The molecule has 1 aromatic carbocycles. The third kappa shape index (κ3) is 2.27. The van der Waals surface area contributed by atoms with E-state index in [-0.39, 0.29) is 0 Å². The van der Waals surface area contributed by atoms with Gasteiger partial charge in [-0.2, -0.15) is 0 Å². The number of aromatic nitrogens is 1. The van der Waals surface area contributed by atoms with Gasteiger partial charge in [-0.05, 0) is 37.1 Å². The van der Waals surface area contributed by atoms with E-state index < -0.39 is 0 Å². The molecule has 0 spiro atoms. The van der Waals surface area contributed by atoms with E-state index in [1.165, 1.54) is 42.3 Å². The lowest BCUT2D eigenvalue weighted by atomic mass is 10.2. The Morgan fingerprint density at radius 2 is 2.06 bits per heavy atom. The van der Waals surface area contributed by atoms with Crippen molar-refractivity contribution in [3.05, 3.63) is 35.0 Å². The number of nitrogens with zero attached hydrogens (tertiary/aromatic N) is 1. The second-order valence-corrected chi connectivity index (χ2v) is 5.70. The lowest BCUT2D eigenvalue weighted by molar-refractivity contribution is 0.514. The minimum Gasteiger partial charge on any atom is -0.346 e. The van der Waals surface area contributed by atoms with Gasteiger partial charge in [0.15, 0.2) is 0 Å². The van der Waals surface area contributed by atoms with E-state index in [2.05, 4.69) is 29.1 Å². The Kier molecular flexibility index (Phi) is 3.31. The standard InChI is InChI=1S/C15H19ClN2/c1-18-14(10-17-13-4-2-3-5-13)9-11-8-12(16)6-7-15(11)18/h6-9,13,17H,2-5,10H2,1H3. The summed E-state index contributed by atoms with van der Waals surface area (Å²) in [6.07, 6.45) is 5.41. The number of hydrogen-bond donors (Lipinski definition) is 1. The van der Waals surface area contributed by atoms with Gasteiger partial charge in [0.2, 0.25) is 0 Å². The molecule has 0 amide bonds. The predicted molar refractivity (Wildman–Crippen MR) is 77.0 cm³/mol. The van der Waals surface area contributed by atoms with Crippen LogP contribution in [0.25, 0.3) is 10.9 Å². The molecule has 3 rings (SSSR count). The number of nitrogens with one attached hydrogen (secondary N) is 1. The van der Waals surface area contributed by atoms with Crippen LogP contribution in [0, 0.1) is 0 Å². The summed E-state index contributed by atoms with van der Waals surface area (Å²) in [6, 6.07) is 9.04. The minimum atomic E-state index is 0.714. The molecule has 1 aliphatic rings. The smallest absolute Gasteiger partial charge is 0.0481 e. The van der Waals surface area contributed by atoms with Crippen LogP contribution in [0.5, 0.6) is 0 Å². The van der Waals surface area contributed by atoms with Crippen molar-refractivity contribution < 1.29 is 0 Å². The van der Waals surface area contributed by atoms with Gasteiger partial charge in [-0.15, -0.1) is 0 Å². The molecule has 0 unspecified atom stereocenters. The minimum absolute atomic E-state index is 0.714. The van der Waals surface area contributed by atoms with Crippen molar-refractivity contribution in [3.63, 3.8) is 0 Å².